The molecule has 0 aliphatic carbocycles. The van der Waals surface area contributed by atoms with Crippen molar-refractivity contribution < 1.29 is 8.78 Å². The molecule has 0 aromatic carbocycles. The zero-order chi connectivity index (χ0) is 10.7. The Labute approximate surface area is 98.3 Å². The van der Waals surface area contributed by atoms with Gasteiger partial charge in [0.15, 0.2) is 0 Å². The third-order valence-electron chi connectivity index (χ3n) is 3.04. The van der Waals surface area contributed by atoms with Crippen LogP contribution in [-0.2, 0) is 0 Å². The predicted molar refractivity (Wildman–Crippen MR) is 64.2 cm³/mol. The van der Waals surface area contributed by atoms with Crippen molar-refractivity contribution in [2.24, 2.45) is 0 Å². The Kier molecular flexibility index (Phi) is 4.18. The van der Waals surface area contributed by atoms with Gasteiger partial charge in [0.05, 0.1) is 0 Å². The number of nitrogens with zero attached hydrogens (tertiary/aromatic N) is 1. The molecule has 2 heterocycles. The Morgan fingerprint density at radius 2 is 1.53 bits per heavy atom. The predicted octanol–water partition coefficient (Wildman–Crippen LogP) is 2.57. The summed E-state index contributed by atoms with van der Waals surface area (Å²) in [6.45, 7) is 1.16. The van der Waals surface area contributed by atoms with E-state index in [0.29, 0.717) is 19.1 Å². The lowest BCUT2D eigenvalue weighted by molar-refractivity contribution is -0.0597. The van der Waals surface area contributed by atoms with Gasteiger partial charge in [-0.2, -0.15) is 23.5 Å². The summed E-state index contributed by atoms with van der Waals surface area (Å²) in [4.78, 5) is 2.27. The van der Waals surface area contributed by atoms with Crippen LogP contribution < -0.4 is 0 Å². The summed E-state index contributed by atoms with van der Waals surface area (Å²) >= 11 is 3.93. The second-order valence-electron chi connectivity index (χ2n) is 4.20. The molecule has 0 unspecified atom stereocenters. The number of rotatable bonds is 1. The minimum Gasteiger partial charge on any atom is -0.298 e. The van der Waals surface area contributed by atoms with E-state index in [1.165, 1.54) is 11.5 Å². The van der Waals surface area contributed by atoms with Crippen LogP contribution in [0.2, 0.25) is 0 Å². The molecule has 0 bridgehead atoms. The SMILES string of the molecule is FC1(F)CCN(C2CSCCSC2)CC1. The van der Waals surface area contributed by atoms with Crippen LogP contribution in [0.3, 0.4) is 0 Å². The number of hydrogen-bond donors (Lipinski definition) is 0. The van der Waals surface area contributed by atoms with Gasteiger partial charge in [-0.25, -0.2) is 8.78 Å². The molecular formula is C10H17F2NS2. The molecule has 0 atom stereocenters. The largest absolute Gasteiger partial charge is 0.298 e. The molecule has 2 aliphatic rings. The first-order valence-corrected chi connectivity index (χ1v) is 7.76. The highest BCUT2D eigenvalue weighted by atomic mass is 32.2. The number of halogens is 2. The summed E-state index contributed by atoms with van der Waals surface area (Å²) in [6.07, 6.45) is 0.109. The number of likely N-dealkylation sites (tertiary alicyclic amines) is 1. The monoisotopic (exact) mass is 253 g/mol. The number of hydrogen-bond acceptors (Lipinski definition) is 3. The molecule has 0 N–H and O–H groups in total. The summed E-state index contributed by atoms with van der Waals surface area (Å²) in [5.74, 6) is 2.27. The third kappa shape index (κ3) is 3.49. The molecule has 88 valence electrons. The van der Waals surface area contributed by atoms with Gasteiger partial charge in [-0.15, -0.1) is 0 Å². The molecular weight excluding hydrogens is 236 g/mol. The van der Waals surface area contributed by atoms with Crippen molar-refractivity contribution in [3.63, 3.8) is 0 Å². The Morgan fingerprint density at radius 1 is 1.00 bits per heavy atom. The highest BCUT2D eigenvalue weighted by Gasteiger charge is 2.36. The molecule has 2 fully saturated rings. The van der Waals surface area contributed by atoms with Crippen molar-refractivity contribution in [1.82, 2.24) is 4.90 Å². The zero-order valence-corrected chi connectivity index (χ0v) is 10.4. The summed E-state index contributed by atoms with van der Waals surface area (Å²) in [5, 5.41) is 0. The van der Waals surface area contributed by atoms with Gasteiger partial charge < -0.3 is 0 Å². The van der Waals surface area contributed by atoms with Gasteiger partial charge in [0.25, 0.3) is 5.92 Å². The average molecular weight is 253 g/mol. The highest BCUT2D eigenvalue weighted by Crippen LogP contribution is 2.30. The molecule has 2 saturated heterocycles. The summed E-state index contributed by atoms with van der Waals surface area (Å²) < 4.78 is 26.0. The van der Waals surface area contributed by atoms with Crippen LogP contribution >= 0.6 is 23.5 Å². The van der Waals surface area contributed by atoms with E-state index in [4.69, 9.17) is 0 Å². The molecule has 0 aromatic heterocycles. The van der Waals surface area contributed by atoms with Crippen molar-refractivity contribution in [2.75, 3.05) is 36.1 Å². The first-order chi connectivity index (χ1) is 7.17. The van der Waals surface area contributed by atoms with Crippen LogP contribution in [0.15, 0.2) is 0 Å². The number of thioether (sulfide) groups is 2. The molecule has 15 heavy (non-hydrogen) atoms. The lowest BCUT2D eigenvalue weighted by atomic mass is 10.1. The second kappa shape index (κ2) is 5.23. The molecule has 0 saturated carbocycles. The Bertz CT molecular complexity index is 196. The Balaban J connectivity index is 1.83. The molecule has 0 spiro atoms. The Morgan fingerprint density at radius 3 is 2.07 bits per heavy atom. The van der Waals surface area contributed by atoms with E-state index in [9.17, 15) is 8.78 Å². The van der Waals surface area contributed by atoms with Crippen LogP contribution in [0.25, 0.3) is 0 Å². The van der Waals surface area contributed by atoms with Crippen LogP contribution in [0.4, 0.5) is 8.78 Å². The van der Waals surface area contributed by atoms with E-state index in [1.807, 2.05) is 23.5 Å². The van der Waals surface area contributed by atoms with Crippen LogP contribution in [-0.4, -0.2) is 53.0 Å². The van der Waals surface area contributed by atoms with Crippen LogP contribution in [0, 0.1) is 0 Å². The normalized spacial score (nSPS) is 30.0. The molecule has 2 aliphatic heterocycles. The van der Waals surface area contributed by atoms with E-state index in [1.54, 1.807) is 0 Å². The van der Waals surface area contributed by atoms with Crippen LogP contribution in [0.5, 0.6) is 0 Å². The summed E-state index contributed by atoms with van der Waals surface area (Å²) in [7, 11) is 0. The molecule has 1 nitrogen and oxygen atoms in total. The Hall–Kier alpha value is 0.520. The average Bonchev–Trinajstić information content (AvgIpc) is 2.46. The van der Waals surface area contributed by atoms with E-state index >= 15 is 0 Å². The van der Waals surface area contributed by atoms with Gasteiger partial charge in [-0.05, 0) is 0 Å². The maximum Gasteiger partial charge on any atom is 0.250 e. The quantitative estimate of drug-likeness (QED) is 0.707. The topological polar surface area (TPSA) is 3.24 Å². The van der Waals surface area contributed by atoms with Gasteiger partial charge in [-0.3, -0.25) is 4.90 Å². The van der Waals surface area contributed by atoms with E-state index in [-0.39, 0.29) is 12.8 Å². The third-order valence-corrected chi connectivity index (χ3v) is 5.52. The maximum atomic E-state index is 13.0. The van der Waals surface area contributed by atoms with E-state index in [0.717, 1.165) is 11.5 Å². The molecule has 0 aromatic rings. The summed E-state index contributed by atoms with van der Waals surface area (Å²) in [6, 6.07) is 0.526. The number of alkyl halides is 2. The standard InChI is InChI=1S/C10H17F2NS2/c11-10(12)1-3-13(4-2-10)9-7-14-5-6-15-8-9/h9H,1-8H2. The lowest BCUT2D eigenvalue weighted by Gasteiger charge is -2.36. The van der Waals surface area contributed by atoms with Crippen molar-refractivity contribution in [1.29, 1.82) is 0 Å². The first-order valence-electron chi connectivity index (χ1n) is 5.45. The number of piperidine rings is 1. The lowest BCUT2D eigenvalue weighted by Crippen LogP contribution is -2.46. The fraction of sp³-hybridized carbons (Fsp3) is 1.00. The van der Waals surface area contributed by atoms with Crippen LogP contribution in [0.1, 0.15) is 12.8 Å². The minimum absolute atomic E-state index is 0.0544. The van der Waals surface area contributed by atoms with Crippen molar-refractivity contribution in [3.05, 3.63) is 0 Å². The zero-order valence-electron chi connectivity index (χ0n) is 8.75. The van der Waals surface area contributed by atoms with E-state index < -0.39 is 5.92 Å². The van der Waals surface area contributed by atoms with Gasteiger partial charge in [0.1, 0.15) is 0 Å². The minimum atomic E-state index is -2.40. The van der Waals surface area contributed by atoms with Gasteiger partial charge in [-0.1, -0.05) is 0 Å². The summed E-state index contributed by atoms with van der Waals surface area (Å²) in [5.41, 5.74) is 0. The fourth-order valence-electron chi connectivity index (χ4n) is 2.03. The molecule has 0 amide bonds. The van der Waals surface area contributed by atoms with Crippen molar-refractivity contribution in [2.45, 2.75) is 24.8 Å². The molecule has 5 heteroatoms. The smallest absolute Gasteiger partial charge is 0.250 e. The van der Waals surface area contributed by atoms with Gasteiger partial charge in [0.2, 0.25) is 0 Å². The van der Waals surface area contributed by atoms with Crippen molar-refractivity contribution in [3.8, 4) is 0 Å². The van der Waals surface area contributed by atoms with Gasteiger partial charge in [0, 0.05) is 55.0 Å². The maximum absolute atomic E-state index is 13.0. The molecule has 0 radical (unpaired) electrons. The highest BCUT2D eigenvalue weighted by molar-refractivity contribution is 8.03. The van der Waals surface area contributed by atoms with Crippen molar-refractivity contribution >= 4 is 23.5 Å². The molecule has 2 rings (SSSR count). The fourth-order valence-corrected chi connectivity index (χ4v) is 4.66. The van der Waals surface area contributed by atoms with E-state index in [2.05, 4.69) is 4.90 Å². The van der Waals surface area contributed by atoms with Gasteiger partial charge >= 0.3 is 0 Å². The second-order valence-corrected chi connectivity index (χ2v) is 6.50. The first kappa shape index (κ1) is 12.0.